The van der Waals surface area contributed by atoms with Crippen LogP contribution in [0.1, 0.15) is 56.9 Å². The second-order valence-corrected chi connectivity index (χ2v) is 9.88. The van der Waals surface area contributed by atoms with E-state index in [2.05, 4.69) is 76.2 Å². The first-order valence-electron chi connectivity index (χ1n) is 11.9. The van der Waals surface area contributed by atoms with E-state index in [4.69, 9.17) is 9.47 Å². The molecule has 0 fully saturated rings. The van der Waals surface area contributed by atoms with Gasteiger partial charge in [0.25, 0.3) is 0 Å². The molecule has 0 aliphatic rings. The summed E-state index contributed by atoms with van der Waals surface area (Å²) in [6.45, 7) is 10.2. The highest BCUT2D eigenvalue weighted by Crippen LogP contribution is 2.35. The number of benzene rings is 4. The van der Waals surface area contributed by atoms with Crippen LogP contribution in [-0.2, 0) is 15.6 Å². The minimum Gasteiger partial charge on any atom is -0.457 e. The van der Waals surface area contributed by atoms with Gasteiger partial charge in [0.1, 0.15) is 17.2 Å². The summed E-state index contributed by atoms with van der Waals surface area (Å²) in [6.07, 6.45) is 0. The van der Waals surface area contributed by atoms with E-state index in [0.29, 0.717) is 5.75 Å². The third kappa shape index (κ3) is 5.46. The lowest BCUT2D eigenvalue weighted by Gasteiger charge is -2.27. The molecule has 0 aromatic heterocycles. The number of esters is 1. The molecule has 4 aromatic rings. The number of ether oxygens (including phenoxy) is 2. The van der Waals surface area contributed by atoms with E-state index in [1.54, 1.807) is 0 Å². The molecule has 0 spiro atoms. The number of carbonyl (C=O) groups is 1. The van der Waals surface area contributed by atoms with Gasteiger partial charge in [0.2, 0.25) is 0 Å². The van der Waals surface area contributed by atoms with E-state index in [-0.39, 0.29) is 16.8 Å². The Morgan fingerprint density at radius 3 is 1.23 bits per heavy atom. The highest BCUT2D eigenvalue weighted by atomic mass is 16.5. The lowest BCUT2D eigenvalue weighted by molar-refractivity contribution is -0.131. The van der Waals surface area contributed by atoms with Crippen LogP contribution in [0.15, 0.2) is 103 Å². The molecule has 4 aromatic carbocycles. The fraction of sp³-hybridized carbons (Fsp3) is 0.219. The van der Waals surface area contributed by atoms with Crippen LogP contribution in [0.3, 0.4) is 0 Å². The first-order chi connectivity index (χ1) is 16.7. The van der Waals surface area contributed by atoms with Crippen LogP contribution < -0.4 is 9.47 Å². The maximum absolute atomic E-state index is 11.2. The molecule has 0 saturated heterocycles. The Bertz CT molecular complexity index is 1270. The van der Waals surface area contributed by atoms with Crippen LogP contribution in [0.5, 0.6) is 17.2 Å². The van der Waals surface area contributed by atoms with Gasteiger partial charge in [-0.05, 0) is 58.7 Å². The molecular formula is C32H32O3. The van der Waals surface area contributed by atoms with Gasteiger partial charge in [0, 0.05) is 17.8 Å². The van der Waals surface area contributed by atoms with Crippen molar-refractivity contribution in [1.29, 1.82) is 0 Å². The Labute approximate surface area is 208 Å². The van der Waals surface area contributed by atoms with Gasteiger partial charge in [-0.1, -0.05) is 94.4 Å². The maximum Gasteiger partial charge on any atom is 0.308 e. The first kappa shape index (κ1) is 24.3. The Kier molecular flexibility index (Phi) is 6.79. The van der Waals surface area contributed by atoms with E-state index >= 15 is 0 Å². The maximum atomic E-state index is 11.2. The summed E-state index contributed by atoms with van der Waals surface area (Å²) in [5, 5.41) is 0. The molecule has 35 heavy (non-hydrogen) atoms. The van der Waals surface area contributed by atoms with Crippen LogP contribution in [0, 0.1) is 0 Å². The Morgan fingerprint density at radius 2 is 0.857 bits per heavy atom. The standard InChI is InChI=1S/C32H32O3/c1-23(33)34-28-17-11-26(12-18-28)32(4,5)27-15-21-30(22-16-27)35-29-19-13-25(14-20-29)31(2,3)24-9-7-6-8-10-24/h6-22H,1-5H3. The summed E-state index contributed by atoms with van der Waals surface area (Å²) in [5.41, 5.74) is 4.55. The Balaban J connectivity index is 1.46. The van der Waals surface area contributed by atoms with Crippen LogP contribution in [0.4, 0.5) is 0 Å². The predicted octanol–water partition coefficient (Wildman–Crippen LogP) is 8.06. The minimum atomic E-state index is -0.317. The molecule has 0 aliphatic heterocycles. The van der Waals surface area contributed by atoms with Crippen molar-refractivity contribution in [2.75, 3.05) is 0 Å². The van der Waals surface area contributed by atoms with Crippen molar-refractivity contribution in [2.45, 2.75) is 45.4 Å². The van der Waals surface area contributed by atoms with Gasteiger partial charge in [-0.15, -0.1) is 0 Å². The summed E-state index contributed by atoms with van der Waals surface area (Å²) < 4.78 is 11.3. The molecule has 0 N–H and O–H groups in total. The molecule has 3 heteroatoms. The first-order valence-corrected chi connectivity index (χ1v) is 11.9. The molecule has 0 amide bonds. The number of carbonyl (C=O) groups excluding carboxylic acids is 1. The highest BCUT2D eigenvalue weighted by molar-refractivity contribution is 5.69. The van der Waals surface area contributed by atoms with Crippen LogP contribution in [0.25, 0.3) is 0 Å². The SMILES string of the molecule is CC(=O)Oc1ccc(C(C)(C)c2ccc(Oc3ccc(C(C)(C)c4ccccc4)cc3)cc2)cc1. The number of hydrogen-bond acceptors (Lipinski definition) is 3. The smallest absolute Gasteiger partial charge is 0.308 e. The molecule has 0 aliphatic carbocycles. The minimum absolute atomic E-state index is 0.0799. The molecule has 0 atom stereocenters. The fourth-order valence-electron chi connectivity index (χ4n) is 4.31. The lowest BCUT2D eigenvalue weighted by Crippen LogP contribution is -2.18. The summed E-state index contributed by atoms with van der Waals surface area (Å²) in [4.78, 5) is 11.2. The molecule has 3 nitrogen and oxygen atoms in total. The predicted molar refractivity (Wildman–Crippen MR) is 141 cm³/mol. The van der Waals surface area contributed by atoms with Crippen LogP contribution in [-0.4, -0.2) is 5.97 Å². The van der Waals surface area contributed by atoms with Crippen molar-refractivity contribution in [3.63, 3.8) is 0 Å². The topological polar surface area (TPSA) is 35.5 Å². The van der Waals surface area contributed by atoms with Gasteiger partial charge >= 0.3 is 5.97 Å². The van der Waals surface area contributed by atoms with Crippen molar-refractivity contribution in [3.8, 4) is 17.2 Å². The third-order valence-electron chi connectivity index (χ3n) is 6.72. The molecule has 0 saturated carbocycles. The quantitative estimate of drug-likeness (QED) is 0.205. The highest BCUT2D eigenvalue weighted by Gasteiger charge is 2.24. The van der Waals surface area contributed by atoms with E-state index < -0.39 is 0 Å². The van der Waals surface area contributed by atoms with Crippen molar-refractivity contribution >= 4 is 5.97 Å². The Hall–Kier alpha value is -3.85. The summed E-state index contributed by atoms with van der Waals surface area (Å²) >= 11 is 0. The van der Waals surface area contributed by atoms with Gasteiger partial charge in [0.15, 0.2) is 0 Å². The Morgan fingerprint density at radius 1 is 0.514 bits per heavy atom. The van der Waals surface area contributed by atoms with Crippen LogP contribution >= 0.6 is 0 Å². The zero-order valence-electron chi connectivity index (χ0n) is 21.0. The second kappa shape index (κ2) is 9.79. The monoisotopic (exact) mass is 464 g/mol. The molecule has 0 heterocycles. The molecular weight excluding hydrogens is 432 g/mol. The summed E-state index contributed by atoms with van der Waals surface area (Å²) in [5.74, 6) is 1.84. The normalized spacial score (nSPS) is 11.7. The van der Waals surface area contributed by atoms with Gasteiger partial charge in [-0.25, -0.2) is 0 Å². The lowest BCUT2D eigenvalue weighted by atomic mass is 9.78. The van der Waals surface area contributed by atoms with Crippen molar-refractivity contribution in [3.05, 3.63) is 125 Å². The van der Waals surface area contributed by atoms with Crippen molar-refractivity contribution < 1.29 is 14.3 Å². The van der Waals surface area contributed by atoms with Crippen molar-refractivity contribution in [2.24, 2.45) is 0 Å². The van der Waals surface area contributed by atoms with Gasteiger partial charge in [0.05, 0.1) is 0 Å². The molecule has 4 rings (SSSR count). The van der Waals surface area contributed by atoms with Gasteiger partial charge in [-0.2, -0.15) is 0 Å². The van der Waals surface area contributed by atoms with Gasteiger partial charge in [-0.3, -0.25) is 4.79 Å². The third-order valence-corrected chi connectivity index (χ3v) is 6.72. The number of hydrogen-bond donors (Lipinski definition) is 0. The van der Waals surface area contributed by atoms with Gasteiger partial charge < -0.3 is 9.47 Å². The molecule has 0 radical (unpaired) electrons. The molecule has 0 unspecified atom stereocenters. The van der Waals surface area contributed by atoms with Crippen LogP contribution in [0.2, 0.25) is 0 Å². The summed E-state index contributed by atoms with van der Waals surface area (Å²) in [6, 6.07) is 34.8. The summed E-state index contributed by atoms with van der Waals surface area (Å²) in [7, 11) is 0. The molecule has 178 valence electrons. The van der Waals surface area contributed by atoms with E-state index in [1.165, 1.54) is 23.6 Å². The van der Waals surface area contributed by atoms with Crippen molar-refractivity contribution in [1.82, 2.24) is 0 Å². The average Bonchev–Trinajstić information content (AvgIpc) is 2.85. The zero-order valence-corrected chi connectivity index (χ0v) is 21.0. The largest absolute Gasteiger partial charge is 0.457 e. The molecule has 0 bridgehead atoms. The zero-order chi connectivity index (χ0) is 25.1. The number of rotatable bonds is 7. The second-order valence-electron chi connectivity index (χ2n) is 9.88. The van der Waals surface area contributed by atoms with E-state index in [9.17, 15) is 4.79 Å². The average molecular weight is 465 g/mol. The van der Waals surface area contributed by atoms with E-state index in [1.807, 2.05) is 54.6 Å². The van der Waals surface area contributed by atoms with E-state index in [0.717, 1.165) is 17.1 Å². The fourth-order valence-corrected chi connectivity index (χ4v) is 4.31.